The van der Waals surface area contributed by atoms with E-state index in [-0.39, 0.29) is 11.1 Å². The monoisotopic (exact) mass is 338 g/mol. The van der Waals surface area contributed by atoms with Crippen LogP contribution in [0, 0.1) is 0 Å². The molecule has 1 aliphatic rings. The van der Waals surface area contributed by atoms with Crippen molar-refractivity contribution in [2.24, 2.45) is 0 Å². The van der Waals surface area contributed by atoms with Crippen molar-refractivity contribution in [2.45, 2.75) is 26.2 Å². The number of hydrogen-bond donors (Lipinski definition) is 0. The fourth-order valence-corrected chi connectivity index (χ4v) is 3.30. The maximum atomic E-state index is 12.6. The van der Waals surface area contributed by atoms with E-state index in [9.17, 15) is 9.59 Å². The molecule has 1 aromatic heterocycles. The summed E-state index contributed by atoms with van der Waals surface area (Å²) in [7, 11) is 0. The second kappa shape index (κ2) is 7.45. The lowest BCUT2D eigenvalue weighted by Gasteiger charge is -2.13. The number of amides is 2. The van der Waals surface area contributed by atoms with Crippen LogP contribution in [-0.2, 0) is 11.2 Å². The Balaban J connectivity index is 1.80. The number of rotatable bonds is 5. The van der Waals surface area contributed by atoms with Gasteiger partial charge in [0.05, 0.1) is 16.3 Å². The average molecular weight is 338 g/mol. The standard InChI is InChI=1S/C19H18N2O2S/c1-2-3-6-14-8-10-16(11-9-14)21-18(22)17(24-19(21)23)13-15-7-4-5-12-20-15/h4-5,7-13H,2-3,6H2,1H3/b17-13-. The Labute approximate surface area is 145 Å². The summed E-state index contributed by atoms with van der Waals surface area (Å²) in [5.74, 6) is -0.294. The van der Waals surface area contributed by atoms with Crippen LogP contribution in [0.1, 0.15) is 31.0 Å². The third-order valence-corrected chi connectivity index (χ3v) is 4.64. The van der Waals surface area contributed by atoms with E-state index in [4.69, 9.17) is 0 Å². The molecule has 2 amide bonds. The molecule has 5 heteroatoms. The van der Waals surface area contributed by atoms with Gasteiger partial charge in [-0.05, 0) is 60.5 Å². The van der Waals surface area contributed by atoms with Gasteiger partial charge in [0.15, 0.2) is 0 Å². The summed E-state index contributed by atoms with van der Waals surface area (Å²) in [6.07, 6.45) is 6.60. The minimum atomic E-state index is -0.294. The number of hydrogen-bond acceptors (Lipinski definition) is 4. The van der Waals surface area contributed by atoms with Gasteiger partial charge in [0.25, 0.3) is 11.1 Å². The SMILES string of the molecule is CCCCc1ccc(N2C(=O)S/C(=C\c3ccccn3)C2=O)cc1. The van der Waals surface area contributed by atoms with Gasteiger partial charge in [-0.25, -0.2) is 4.90 Å². The third kappa shape index (κ3) is 3.57. The highest BCUT2D eigenvalue weighted by molar-refractivity contribution is 8.19. The van der Waals surface area contributed by atoms with Crippen molar-refractivity contribution in [3.05, 3.63) is 64.8 Å². The second-order valence-electron chi connectivity index (χ2n) is 5.54. The third-order valence-electron chi connectivity index (χ3n) is 3.77. The highest BCUT2D eigenvalue weighted by atomic mass is 32.2. The van der Waals surface area contributed by atoms with Crippen LogP contribution in [0.2, 0.25) is 0 Å². The predicted octanol–water partition coefficient (Wildman–Crippen LogP) is 4.67. The Bertz CT molecular complexity index is 770. The molecule has 4 nitrogen and oxygen atoms in total. The zero-order chi connectivity index (χ0) is 16.9. The first kappa shape index (κ1) is 16.5. The molecule has 0 radical (unpaired) electrons. The fraction of sp³-hybridized carbons (Fsp3) is 0.211. The van der Waals surface area contributed by atoms with Gasteiger partial charge in [-0.2, -0.15) is 0 Å². The van der Waals surface area contributed by atoms with Gasteiger partial charge in [0.2, 0.25) is 0 Å². The second-order valence-corrected chi connectivity index (χ2v) is 6.53. The van der Waals surface area contributed by atoms with E-state index in [1.807, 2.05) is 36.4 Å². The Morgan fingerprint density at radius 1 is 1.12 bits per heavy atom. The number of pyridine rings is 1. The van der Waals surface area contributed by atoms with Gasteiger partial charge < -0.3 is 0 Å². The Hall–Kier alpha value is -2.40. The highest BCUT2D eigenvalue weighted by Gasteiger charge is 2.36. The first-order valence-corrected chi connectivity index (χ1v) is 8.78. The molecule has 2 aromatic rings. The summed E-state index contributed by atoms with van der Waals surface area (Å²) in [5.41, 5.74) is 2.50. The molecule has 1 aliphatic heterocycles. The first-order valence-electron chi connectivity index (χ1n) is 7.97. The van der Waals surface area contributed by atoms with Crippen LogP contribution in [0.5, 0.6) is 0 Å². The zero-order valence-corrected chi connectivity index (χ0v) is 14.3. The van der Waals surface area contributed by atoms with E-state index in [0.717, 1.165) is 31.0 Å². The average Bonchev–Trinajstić information content (AvgIpc) is 2.88. The summed E-state index contributed by atoms with van der Waals surface area (Å²) in [5, 5.41) is -0.275. The van der Waals surface area contributed by atoms with Crippen LogP contribution in [-0.4, -0.2) is 16.1 Å². The summed E-state index contributed by atoms with van der Waals surface area (Å²) in [6, 6.07) is 13.1. The minimum Gasteiger partial charge on any atom is -0.268 e. The van der Waals surface area contributed by atoms with Gasteiger partial charge in [0, 0.05) is 6.20 Å². The molecule has 0 bridgehead atoms. The molecular weight excluding hydrogens is 320 g/mol. The number of nitrogens with zero attached hydrogens (tertiary/aromatic N) is 2. The van der Waals surface area contributed by atoms with E-state index < -0.39 is 0 Å². The van der Waals surface area contributed by atoms with E-state index in [2.05, 4.69) is 11.9 Å². The van der Waals surface area contributed by atoms with E-state index >= 15 is 0 Å². The van der Waals surface area contributed by atoms with Crippen LogP contribution >= 0.6 is 11.8 Å². The quantitative estimate of drug-likeness (QED) is 0.744. The van der Waals surface area contributed by atoms with Crippen molar-refractivity contribution in [1.29, 1.82) is 0 Å². The van der Waals surface area contributed by atoms with Gasteiger partial charge in [-0.15, -0.1) is 0 Å². The summed E-state index contributed by atoms with van der Waals surface area (Å²) >= 11 is 0.948. The van der Waals surface area contributed by atoms with Gasteiger partial charge in [-0.3, -0.25) is 14.6 Å². The number of thioether (sulfide) groups is 1. The predicted molar refractivity (Wildman–Crippen MR) is 97.7 cm³/mol. The van der Waals surface area contributed by atoms with Crippen LogP contribution in [0.3, 0.4) is 0 Å². The Kier molecular flexibility index (Phi) is 5.11. The number of carbonyl (C=O) groups is 2. The lowest BCUT2D eigenvalue weighted by Crippen LogP contribution is -2.27. The summed E-state index contributed by atoms with van der Waals surface area (Å²) < 4.78 is 0. The van der Waals surface area contributed by atoms with E-state index in [0.29, 0.717) is 16.3 Å². The summed E-state index contributed by atoms with van der Waals surface area (Å²) in [4.78, 5) is 30.6. The number of anilines is 1. The lowest BCUT2D eigenvalue weighted by molar-refractivity contribution is -0.113. The van der Waals surface area contributed by atoms with E-state index in [1.165, 1.54) is 10.5 Å². The van der Waals surface area contributed by atoms with E-state index in [1.54, 1.807) is 18.3 Å². The van der Waals surface area contributed by atoms with Crippen LogP contribution in [0.4, 0.5) is 10.5 Å². The van der Waals surface area contributed by atoms with Crippen molar-refractivity contribution in [3.8, 4) is 0 Å². The molecule has 0 aliphatic carbocycles. The van der Waals surface area contributed by atoms with Crippen LogP contribution < -0.4 is 4.90 Å². The zero-order valence-electron chi connectivity index (χ0n) is 13.4. The van der Waals surface area contributed by atoms with Gasteiger partial charge in [0.1, 0.15) is 0 Å². The maximum Gasteiger partial charge on any atom is 0.298 e. The van der Waals surface area contributed by atoms with Gasteiger partial charge >= 0.3 is 0 Å². The molecule has 0 atom stereocenters. The Morgan fingerprint density at radius 3 is 2.58 bits per heavy atom. The lowest BCUT2D eigenvalue weighted by atomic mass is 10.1. The minimum absolute atomic E-state index is 0.275. The van der Waals surface area contributed by atoms with Crippen LogP contribution in [0.25, 0.3) is 6.08 Å². The number of aromatic nitrogens is 1. The molecular formula is C19H18N2O2S. The van der Waals surface area contributed by atoms with Crippen molar-refractivity contribution in [2.75, 3.05) is 4.90 Å². The molecule has 0 saturated carbocycles. The molecule has 24 heavy (non-hydrogen) atoms. The number of unbranched alkanes of at least 4 members (excludes halogenated alkanes) is 1. The topological polar surface area (TPSA) is 50.3 Å². The number of carbonyl (C=O) groups excluding carboxylic acids is 2. The van der Waals surface area contributed by atoms with Crippen molar-refractivity contribution >= 4 is 34.7 Å². The molecule has 0 N–H and O–H groups in total. The first-order chi connectivity index (χ1) is 11.7. The smallest absolute Gasteiger partial charge is 0.268 e. The molecule has 2 heterocycles. The fourth-order valence-electron chi connectivity index (χ4n) is 2.48. The number of imide groups is 1. The molecule has 1 saturated heterocycles. The molecule has 0 spiro atoms. The molecule has 3 rings (SSSR count). The van der Waals surface area contributed by atoms with Gasteiger partial charge in [-0.1, -0.05) is 31.5 Å². The van der Waals surface area contributed by atoms with Crippen LogP contribution in [0.15, 0.2) is 53.6 Å². The number of aryl methyl sites for hydroxylation is 1. The largest absolute Gasteiger partial charge is 0.298 e. The van der Waals surface area contributed by atoms with Crippen molar-refractivity contribution < 1.29 is 9.59 Å². The normalized spacial score (nSPS) is 16.2. The molecule has 122 valence electrons. The molecule has 0 unspecified atom stereocenters. The summed E-state index contributed by atoms with van der Waals surface area (Å²) in [6.45, 7) is 2.16. The highest BCUT2D eigenvalue weighted by Crippen LogP contribution is 2.35. The molecule has 1 aromatic carbocycles. The number of benzene rings is 1. The van der Waals surface area contributed by atoms with Crippen molar-refractivity contribution in [1.82, 2.24) is 4.98 Å². The maximum absolute atomic E-state index is 12.6. The van der Waals surface area contributed by atoms with Crippen molar-refractivity contribution in [3.63, 3.8) is 0 Å². The molecule has 1 fully saturated rings. The Morgan fingerprint density at radius 2 is 1.92 bits per heavy atom.